The van der Waals surface area contributed by atoms with Crippen molar-refractivity contribution in [3.8, 4) is 0 Å². The van der Waals surface area contributed by atoms with Crippen molar-refractivity contribution in [1.82, 2.24) is 4.90 Å². The molecule has 0 N–H and O–H groups in total. The first-order valence-electron chi connectivity index (χ1n) is 7.64. The summed E-state index contributed by atoms with van der Waals surface area (Å²) in [5, 5.41) is 0. The predicted molar refractivity (Wildman–Crippen MR) is 77.4 cm³/mol. The van der Waals surface area contributed by atoms with Gasteiger partial charge in [0.2, 0.25) is 0 Å². The van der Waals surface area contributed by atoms with E-state index in [4.69, 9.17) is 0 Å². The lowest BCUT2D eigenvalue weighted by molar-refractivity contribution is 0.0961. The fourth-order valence-electron chi connectivity index (χ4n) is 2.80. The topological polar surface area (TPSA) is 3.24 Å². The second kappa shape index (κ2) is 6.78. The van der Waals surface area contributed by atoms with Crippen molar-refractivity contribution in [2.75, 3.05) is 13.1 Å². The molecule has 0 bridgehead atoms. The molecule has 0 radical (unpaired) electrons. The average Bonchev–Trinajstić information content (AvgIpc) is 2.23. The molecule has 0 aromatic carbocycles. The molecule has 1 rings (SSSR count). The van der Waals surface area contributed by atoms with Crippen molar-refractivity contribution in [3.63, 3.8) is 0 Å². The van der Waals surface area contributed by atoms with Gasteiger partial charge in [-0.1, -0.05) is 33.1 Å². The smallest absolute Gasteiger partial charge is 0.0125 e. The molecule has 1 fully saturated rings. The van der Waals surface area contributed by atoms with Crippen LogP contribution in [0.15, 0.2) is 0 Å². The molecule has 0 atom stereocenters. The molecule has 1 aliphatic rings. The first-order valence-corrected chi connectivity index (χ1v) is 7.64. The molecule has 0 saturated heterocycles. The van der Waals surface area contributed by atoms with Crippen LogP contribution in [0.5, 0.6) is 0 Å². The molecule has 0 aromatic rings. The summed E-state index contributed by atoms with van der Waals surface area (Å²) in [5.74, 6) is 1.79. The quantitative estimate of drug-likeness (QED) is 0.671. The van der Waals surface area contributed by atoms with Crippen LogP contribution in [0.3, 0.4) is 0 Å². The third kappa shape index (κ3) is 5.90. The average molecular weight is 239 g/mol. The Kier molecular flexibility index (Phi) is 5.99. The fraction of sp³-hybridized carbons (Fsp3) is 1.00. The number of nitrogens with zero attached hydrogens (tertiary/aromatic N) is 1. The number of hydrogen-bond acceptors (Lipinski definition) is 1. The third-order valence-electron chi connectivity index (χ3n) is 4.13. The maximum atomic E-state index is 2.73. The summed E-state index contributed by atoms with van der Waals surface area (Å²) in [6, 6.07) is 0. The zero-order chi connectivity index (χ0) is 12.9. The largest absolute Gasteiger partial charge is 0.298 e. The summed E-state index contributed by atoms with van der Waals surface area (Å²) in [5.41, 5.74) is 0.340. The monoisotopic (exact) mass is 239 g/mol. The summed E-state index contributed by atoms with van der Waals surface area (Å²) in [6.07, 6.45) is 8.67. The number of rotatable bonds is 5. The van der Waals surface area contributed by atoms with Gasteiger partial charge in [0.1, 0.15) is 0 Å². The van der Waals surface area contributed by atoms with E-state index in [9.17, 15) is 0 Å². The zero-order valence-corrected chi connectivity index (χ0v) is 12.8. The summed E-state index contributed by atoms with van der Waals surface area (Å²) in [7, 11) is 0. The first-order chi connectivity index (χ1) is 7.89. The molecule has 1 saturated carbocycles. The molecule has 17 heavy (non-hydrogen) atoms. The Labute approximate surface area is 109 Å². The lowest BCUT2D eigenvalue weighted by atomic mass is 9.87. The van der Waals surface area contributed by atoms with E-state index in [1.165, 1.54) is 51.6 Å². The van der Waals surface area contributed by atoms with Crippen molar-refractivity contribution in [1.29, 1.82) is 0 Å². The van der Waals surface area contributed by atoms with Crippen LogP contribution in [-0.2, 0) is 0 Å². The van der Waals surface area contributed by atoms with Gasteiger partial charge in [-0.15, -0.1) is 0 Å². The normalized spacial score (nSPS) is 19.2. The van der Waals surface area contributed by atoms with Crippen LogP contribution in [0.4, 0.5) is 0 Å². The highest BCUT2D eigenvalue weighted by molar-refractivity contribution is 4.80. The summed E-state index contributed by atoms with van der Waals surface area (Å²) < 4.78 is 0. The molecule has 0 aromatic heterocycles. The van der Waals surface area contributed by atoms with Crippen LogP contribution < -0.4 is 0 Å². The maximum Gasteiger partial charge on any atom is 0.0125 e. The zero-order valence-electron chi connectivity index (χ0n) is 12.8. The highest BCUT2D eigenvalue weighted by Gasteiger charge is 2.25. The van der Waals surface area contributed by atoms with Gasteiger partial charge in [-0.25, -0.2) is 0 Å². The molecule has 1 aliphatic carbocycles. The van der Waals surface area contributed by atoms with Crippen molar-refractivity contribution >= 4 is 0 Å². The summed E-state index contributed by atoms with van der Waals surface area (Å²) >= 11 is 0. The first kappa shape index (κ1) is 15.0. The van der Waals surface area contributed by atoms with Crippen LogP contribution in [0, 0.1) is 11.8 Å². The lowest BCUT2D eigenvalue weighted by Crippen LogP contribution is -2.45. The SMILES string of the molecule is CC(C)CCN(CC1CCCCC1)C(C)(C)C. The number of hydrogen-bond donors (Lipinski definition) is 0. The molecular weight excluding hydrogens is 206 g/mol. The van der Waals surface area contributed by atoms with Gasteiger partial charge in [0.15, 0.2) is 0 Å². The summed E-state index contributed by atoms with van der Waals surface area (Å²) in [4.78, 5) is 2.73. The Hall–Kier alpha value is -0.0400. The van der Waals surface area contributed by atoms with Crippen molar-refractivity contribution in [3.05, 3.63) is 0 Å². The van der Waals surface area contributed by atoms with Crippen LogP contribution >= 0.6 is 0 Å². The maximum absolute atomic E-state index is 2.73. The fourth-order valence-corrected chi connectivity index (χ4v) is 2.80. The van der Waals surface area contributed by atoms with Crippen LogP contribution in [0.1, 0.15) is 73.1 Å². The van der Waals surface area contributed by atoms with Gasteiger partial charge in [0.25, 0.3) is 0 Å². The van der Waals surface area contributed by atoms with E-state index in [0.29, 0.717) is 5.54 Å². The van der Waals surface area contributed by atoms with E-state index in [0.717, 1.165) is 11.8 Å². The van der Waals surface area contributed by atoms with Crippen molar-refractivity contribution in [2.24, 2.45) is 11.8 Å². The Morgan fingerprint density at radius 2 is 1.65 bits per heavy atom. The highest BCUT2D eigenvalue weighted by Crippen LogP contribution is 2.27. The molecular formula is C16H33N. The lowest BCUT2D eigenvalue weighted by Gasteiger charge is -2.39. The minimum Gasteiger partial charge on any atom is -0.298 e. The molecule has 0 heterocycles. The van der Waals surface area contributed by atoms with Crippen LogP contribution in [-0.4, -0.2) is 23.5 Å². The second-order valence-corrected chi connectivity index (χ2v) is 7.30. The van der Waals surface area contributed by atoms with Gasteiger partial charge in [0, 0.05) is 12.1 Å². The predicted octanol–water partition coefficient (Wildman–Crippen LogP) is 4.71. The Bertz CT molecular complexity index is 196. The standard InChI is InChI=1S/C16H33N/c1-14(2)11-12-17(16(3,4)5)13-15-9-7-6-8-10-15/h14-15H,6-13H2,1-5H3. The van der Waals surface area contributed by atoms with E-state index in [-0.39, 0.29) is 0 Å². The van der Waals surface area contributed by atoms with Crippen LogP contribution in [0.2, 0.25) is 0 Å². The second-order valence-electron chi connectivity index (χ2n) is 7.30. The molecule has 0 unspecified atom stereocenters. The van der Waals surface area contributed by atoms with E-state index in [1.807, 2.05) is 0 Å². The van der Waals surface area contributed by atoms with Gasteiger partial charge in [-0.2, -0.15) is 0 Å². The van der Waals surface area contributed by atoms with Gasteiger partial charge in [0.05, 0.1) is 0 Å². The van der Waals surface area contributed by atoms with Gasteiger partial charge < -0.3 is 0 Å². The molecule has 1 nitrogen and oxygen atoms in total. The van der Waals surface area contributed by atoms with Gasteiger partial charge in [-0.05, 0) is 58.4 Å². The van der Waals surface area contributed by atoms with Gasteiger partial charge >= 0.3 is 0 Å². The Morgan fingerprint density at radius 1 is 1.06 bits per heavy atom. The third-order valence-corrected chi connectivity index (χ3v) is 4.13. The van der Waals surface area contributed by atoms with Crippen molar-refractivity contribution < 1.29 is 0 Å². The molecule has 0 amide bonds. The minimum absolute atomic E-state index is 0.340. The highest BCUT2D eigenvalue weighted by atomic mass is 15.2. The van der Waals surface area contributed by atoms with Crippen molar-refractivity contribution in [2.45, 2.75) is 78.7 Å². The van der Waals surface area contributed by atoms with E-state index in [2.05, 4.69) is 39.5 Å². The minimum atomic E-state index is 0.340. The van der Waals surface area contributed by atoms with E-state index < -0.39 is 0 Å². The molecule has 0 spiro atoms. The molecule has 102 valence electrons. The molecule has 1 heteroatoms. The van der Waals surface area contributed by atoms with E-state index >= 15 is 0 Å². The Morgan fingerprint density at radius 3 is 2.12 bits per heavy atom. The van der Waals surface area contributed by atoms with Crippen LogP contribution in [0.25, 0.3) is 0 Å². The van der Waals surface area contributed by atoms with E-state index in [1.54, 1.807) is 0 Å². The van der Waals surface area contributed by atoms with Gasteiger partial charge in [-0.3, -0.25) is 4.90 Å². The molecule has 0 aliphatic heterocycles. The Balaban J connectivity index is 2.44. The summed E-state index contributed by atoms with van der Waals surface area (Å²) in [6.45, 7) is 14.4.